The summed E-state index contributed by atoms with van der Waals surface area (Å²) in [7, 11) is 3.03. The third-order valence-corrected chi connectivity index (χ3v) is 5.17. The summed E-state index contributed by atoms with van der Waals surface area (Å²) in [6.07, 6.45) is 3.27. The summed E-state index contributed by atoms with van der Waals surface area (Å²) >= 11 is 0. The minimum atomic E-state index is -0.699. The lowest BCUT2D eigenvalue weighted by molar-refractivity contribution is 0.376. The number of hydrogen-bond acceptors (Lipinski definition) is 6. The Bertz CT molecular complexity index is 1120. The number of aromatic nitrogens is 3. The lowest BCUT2D eigenvalue weighted by Crippen LogP contribution is -2.48. The van der Waals surface area contributed by atoms with Crippen molar-refractivity contribution >= 4 is 5.95 Å². The van der Waals surface area contributed by atoms with Crippen molar-refractivity contribution in [3.63, 3.8) is 0 Å². The standard InChI is InChI=1S/C21H21F2N5O2/c1-27-19(29)11-16(13-3-5-24-6-4-13)26-21(27)28-8-7-25-17(12-28)20-15(23)9-14(22)10-18(20)30-2/h3-6,9-11,17,25H,7-8,12H2,1-2H3. The fourth-order valence-corrected chi connectivity index (χ4v) is 3.67. The first-order valence-electron chi connectivity index (χ1n) is 9.47. The van der Waals surface area contributed by atoms with Crippen LogP contribution in [0.2, 0.25) is 0 Å². The van der Waals surface area contributed by atoms with Crippen molar-refractivity contribution in [3.05, 3.63) is 70.3 Å². The van der Waals surface area contributed by atoms with E-state index in [1.54, 1.807) is 31.6 Å². The smallest absolute Gasteiger partial charge is 0.255 e. The number of pyridine rings is 1. The number of anilines is 1. The van der Waals surface area contributed by atoms with Gasteiger partial charge >= 0.3 is 0 Å². The number of piperazine rings is 1. The van der Waals surface area contributed by atoms with Gasteiger partial charge in [-0.05, 0) is 12.1 Å². The van der Waals surface area contributed by atoms with Crippen LogP contribution in [0, 0.1) is 11.6 Å². The van der Waals surface area contributed by atoms with Crippen LogP contribution in [0.5, 0.6) is 5.75 Å². The van der Waals surface area contributed by atoms with E-state index in [0.29, 0.717) is 31.3 Å². The van der Waals surface area contributed by atoms with E-state index in [4.69, 9.17) is 4.74 Å². The predicted molar refractivity (Wildman–Crippen MR) is 109 cm³/mol. The molecule has 30 heavy (non-hydrogen) atoms. The van der Waals surface area contributed by atoms with Gasteiger partial charge in [-0.25, -0.2) is 13.8 Å². The van der Waals surface area contributed by atoms with Crippen LogP contribution in [0.4, 0.5) is 14.7 Å². The van der Waals surface area contributed by atoms with Crippen LogP contribution in [-0.4, -0.2) is 41.3 Å². The van der Waals surface area contributed by atoms with Crippen molar-refractivity contribution in [1.29, 1.82) is 0 Å². The second-order valence-electron chi connectivity index (χ2n) is 7.03. The highest BCUT2D eigenvalue weighted by Crippen LogP contribution is 2.32. The fraction of sp³-hybridized carbons (Fsp3) is 0.286. The molecular formula is C21H21F2N5O2. The first kappa shape index (κ1) is 20.0. The molecule has 156 valence electrons. The topological polar surface area (TPSA) is 72.3 Å². The van der Waals surface area contributed by atoms with Gasteiger partial charge in [0.05, 0.1) is 18.8 Å². The van der Waals surface area contributed by atoms with Crippen LogP contribution >= 0.6 is 0 Å². The second kappa shape index (κ2) is 8.19. The lowest BCUT2D eigenvalue weighted by Gasteiger charge is -2.35. The normalized spacial score (nSPS) is 16.5. The number of hydrogen-bond donors (Lipinski definition) is 1. The van der Waals surface area contributed by atoms with E-state index in [-0.39, 0.29) is 16.9 Å². The fourth-order valence-electron chi connectivity index (χ4n) is 3.67. The molecule has 1 fully saturated rings. The molecule has 2 aromatic heterocycles. The third-order valence-electron chi connectivity index (χ3n) is 5.17. The summed E-state index contributed by atoms with van der Waals surface area (Å²) in [4.78, 5) is 23.2. The van der Waals surface area contributed by atoms with Gasteiger partial charge in [-0.1, -0.05) is 0 Å². The monoisotopic (exact) mass is 413 g/mol. The van der Waals surface area contributed by atoms with Crippen LogP contribution in [0.3, 0.4) is 0 Å². The molecule has 1 saturated heterocycles. The van der Waals surface area contributed by atoms with Gasteiger partial charge in [-0.2, -0.15) is 0 Å². The Kier molecular flexibility index (Phi) is 5.45. The minimum absolute atomic E-state index is 0.138. The molecular weight excluding hydrogens is 392 g/mol. The molecule has 1 atom stereocenters. The van der Waals surface area contributed by atoms with E-state index < -0.39 is 17.7 Å². The molecule has 4 rings (SSSR count). The van der Waals surface area contributed by atoms with Crippen molar-refractivity contribution in [2.24, 2.45) is 7.05 Å². The second-order valence-corrected chi connectivity index (χ2v) is 7.03. The summed E-state index contributed by atoms with van der Waals surface area (Å²) < 4.78 is 34.9. The Morgan fingerprint density at radius 1 is 1.20 bits per heavy atom. The highest BCUT2D eigenvalue weighted by molar-refractivity contribution is 5.59. The molecule has 0 amide bonds. The van der Waals surface area contributed by atoms with Crippen LogP contribution in [0.25, 0.3) is 11.3 Å². The molecule has 0 radical (unpaired) electrons. The Balaban J connectivity index is 1.71. The molecule has 1 N–H and O–H groups in total. The van der Waals surface area contributed by atoms with Crippen LogP contribution in [0.15, 0.2) is 47.5 Å². The summed E-state index contributed by atoms with van der Waals surface area (Å²) in [6.45, 7) is 1.43. The molecule has 0 spiro atoms. The number of ether oxygens (including phenoxy) is 1. The molecule has 1 unspecified atom stereocenters. The minimum Gasteiger partial charge on any atom is -0.496 e. The number of benzene rings is 1. The molecule has 1 aliphatic heterocycles. The average molecular weight is 413 g/mol. The lowest BCUT2D eigenvalue weighted by atomic mass is 10.0. The zero-order valence-corrected chi connectivity index (χ0v) is 16.6. The van der Waals surface area contributed by atoms with Gasteiger partial charge in [0.25, 0.3) is 5.56 Å². The Morgan fingerprint density at radius 3 is 2.70 bits per heavy atom. The van der Waals surface area contributed by atoms with Crippen LogP contribution in [0.1, 0.15) is 11.6 Å². The number of methoxy groups -OCH3 is 1. The van der Waals surface area contributed by atoms with Gasteiger partial charge in [0.1, 0.15) is 17.4 Å². The first-order valence-corrected chi connectivity index (χ1v) is 9.47. The zero-order valence-electron chi connectivity index (χ0n) is 16.6. The highest BCUT2D eigenvalue weighted by atomic mass is 19.1. The van der Waals surface area contributed by atoms with Gasteiger partial charge in [0.2, 0.25) is 5.95 Å². The Hall–Kier alpha value is -3.33. The number of nitrogens with one attached hydrogen (secondary N) is 1. The number of rotatable bonds is 4. The van der Waals surface area contributed by atoms with Crippen molar-refractivity contribution < 1.29 is 13.5 Å². The Morgan fingerprint density at radius 2 is 1.97 bits per heavy atom. The van der Waals surface area contributed by atoms with Crippen molar-refractivity contribution in [1.82, 2.24) is 19.9 Å². The van der Waals surface area contributed by atoms with Gasteiger partial charge in [0.15, 0.2) is 0 Å². The summed E-state index contributed by atoms with van der Waals surface area (Å²) in [5.41, 5.74) is 1.37. The summed E-state index contributed by atoms with van der Waals surface area (Å²) in [6, 6.07) is 6.58. The van der Waals surface area contributed by atoms with E-state index in [9.17, 15) is 13.6 Å². The molecule has 9 heteroatoms. The molecule has 7 nitrogen and oxygen atoms in total. The quantitative estimate of drug-likeness (QED) is 0.708. The van der Waals surface area contributed by atoms with Gasteiger partial charge in [-0.15, -0.1) is 0 Å². The molecule has 3 heterocycles. The van der Waals surface area contributed by atoms with Crippen LogP contribution in [-0.2, 0) is 7.05 Å². The molecule has 1 aliphatic rings. The van der Waals surface area contributed by atoms with Crippen LogP contribution < -0.4 is 20.5 Å². The average Bonchev–Trinajstić information content (AvgIpc) is 2.75. The van der Waals surface area contributed by atoms with E-state index in [1.165, 1.54) is 17.7 Å². The molecule has 0 saturated carbocycles. The highest BCUT2D eigenvalue weighted by Gasteiger charge is 2.28. The maximum absolute atomic E-state index is 14.6. The van der Waals surface area contributed by atoms with Crippen molar-refractivity contribution in [2.45, 2.75) is 6.04 Å². The van der Waals surface area contributed by atoms with E-state index >= 15 is 0 Å². The molecule has 0 bridgehead atoms. The maximum Gasteiger partial charge on any atom is 0.255 e. The number of halogens is 2. The largest absolute Gasteiger partial charge is 0.496 e. The van der Waals surface area contributed by atoms with E-state index in [0.717, 1.165) is 17.7 Å². The van der Waals surface area contributed by atoms with Gasteiger partial charge in [-0.3, -0.25) is 14.3 Å². The SMILES string of the molecule is COc1cc(F)cc(F)c1C1CN(c2nc(-c3ccncc3)cc(=O)n2C)CCN1. The molecule has 1 aromatic carbocycles. The maximum atomic E-state index is 14.6. The summed E-state index contributed by atoms with van der Waals surface area (Å²) in [5.74, 6) is -0.769. The van der Waals surface area contributed by atoms with Crippen molar-refractivity contribution in [2.75, 3.05) is 31.6 Å². The zero-order chi connectivity index (χ0) is 21.3. The van der Waals surface area contributed by atoms with E-state index in [2.05, 4.69) is 15.3 Å². The summed E-state index contributed by atoms with van der Waals surface area (Å²) in [5, 5.41) is 3.24. The van der Waals surface area contributed by atoms with Crippen molar-refractivity contribution in [3.8, 4) is 17.0 Å². The van der Waals surface area contributed by atoms with E-state index in [1.807, 2.05) is 4.90 Å². The van der Waals surface area contributed by atoms with Gasteiger partial charge in [0, 0.05) is 68.4 Å². The van der Waals surface area contributed by atoms with Gasteiger partial charge < -0.3 is 15.0 Å². The molecule has 0 aliphatic carbocycles. The first-order chi connectivity index (χ1) is 14.5. The predicted octanol–water partition coefficient (Wildman–Crippen LogP) is 2.28. The Labute approximate surface area is 172 Å². The third kappa shape index (κ3) is 3.76. The number of nitrogens with zero attached hydrogens (tertiary/aromatic N) is 4. The molecule has 3 aromatic rings.